The van der Waals surface area contributed by atoms with Gasteiger partial charge in [-0.05, 0) is 42.3 Å². The van der Waals surface area contributed by atoms with Gasteiger partial charge >= 0.3 is 0 Å². The van der Waals surface area contributed by atoms with Gasteiger partial charge in [-0.3, -0.25) is 4.79 Å². The number of aliphatic hydroxyl groups is 1. The summed E-state index contributed by atoms with van der Waals surface area (Å²) in [6, 6.07) is 10.5. The second-order valence-corrected chi connectivity index (χ2v) is 5.85. The molecule has 1 aliphatic heterocycles. The minimum atomic E-state index is -0.457. The van der Waals surface area contributed by atoms with Crippen molar-refractivity contribution in [2.24, 2.45) is 0 Å². The molecule has 2 aromatic rings. The van der Waals surface area contributed by atoms with Gasteiger partial charge in [0, 0.05) is 25.4 Å². The molecule has 25 heavy (non-hydrogen) atoms. The van der Waals surface area contributed by atoms with Crippen LogP contribution in [0.25, 0.3) is 0 Å². The van der Waals surface area contributed by atoms with Crippen LogP contribution < -0.4 is 20.1 Å². The third kappa shape index (κ3) is 4.68. The van der Waals surface area contributed by atoms with Crippen molar-refractivity contribution in [2.75, 3.05) is 13.7 Å². The second-order valence-electron chi connectivity index (χ2n) is 5.85. The molecule has 2 heterocycles. The van der Waals surface area contributed by atoms with E-state index in [1.165, 1.54) is 0 Å². The molecule has 0 bridgehead atoms. The van der Waals surface area contributed by atoms with E-state index in [1.807, 2.05) is 18.2 Å². The van der Waals surface area contributed by atoms with Crippen LogP contribution in [0.1, 0.15) is 12.0 Å². The number of β-amino-alcohol motifs (C(OH)–C–C–N with tert-alkyl or cyclic N) is 1. The minimum absolute atomic E-state index is 0.119. The number of carbonyl (C=O) groups is 1. The van der Waals surface area contributed by atoms with Crippen molar-refractivity contribution in [3.05, 3.63) is 48.2 Å². The lowest BCUT2D eigenvalue weighted by atomic mass is 10.2. The largest absolute Gasteiger partial charge is 0.497 e. The highest BCUT2D eigenvalue weighted by molar-refractivity contribution is 5.82. The fourth-order valence-corrected chi connectivity index (χ4v) is 2.61. The summed E-state index contributed by atoms with van der Waals surface area (Å²) in [5.41, 5.74) is 0.880. The fourth-order valence-electron chi connectivity index (χ4n) is 2.61. The number of aliphatic hydroxyl groups excluding tert-OH is 1. The van der Waals surface area contributed by atoms with Crippen molar-refractivity contribution in [2.45, 2.75) is 25.1 Å². The molecule has 1 fully saturated rings. The van der Waals surface area contributed by atoms with E-state index >= 15 is 0 Å². The van der Waals surface area contributed by atoms with Crippen LogP contribution in [0.4, 0.5) is 0 Å². The van der Waals surface area contributed by atoms with Gasteiger partial charge in [0.1, 0.15) is 11.5 Å². The first-order valence-electron chi connectivity index (χ1n) is 8.10. The average Bonchev–Trinajstić information content (AvgIpc) is 3.07. The second kappa shape index (κ2) is 7.96. The van der Waals surface area contributed by atoms with Crippen molar-refractivity contribution in [3.63, 3.8) is 0 Å². The summed E-state index contributed by atoms with van der Waals surface area (Å²) >= 11 is 0. The van der Waals surface area contributed by atoms with Crippen LogP contribution in [-0.2, 0) is 11.3 Å². The Hall–Kier alpha value is -2.64. The van der Waals surface area contributed by atoms with Crippen LogP contribution in [0, 0.1) is 0 Å². The van der Waals surface area contributed by atoms with Crippen LogP contribution in [0.5, 0.6) is 17.4 Å². The number of aromatic nitrogens is 1. The summed E-state index contributed by atoms with van der Waals surface area (Å²) in [7, 11) is 1.61. The number of nitrogens with one attached hydrogen (secondary N) is 2. The van der Waals surface area contributed by atoms with E-state index in [9.17, 15) is 9.90 Å². The van der Waals surface area contributed by atoms with Gasteiger partial charge in [0.15, 0.2) is 0 Å². The summed E-state index contributed by atoms with van der Waals surface area (Å²) in [5, 5.41) is 15.3. The van der Waals surface area contributed by atoms with E-state index < -0.39 is 6.10 Å². The normalized spacial score (nSPS) is 19.4. The van der Waals surface area contributed by atoms with Gasteiger partial charge in [-0.1, -0.05) is 0 Å². The quantitative estimate of drug-likeness (QED) is 0.730. The molecule has 7 heteroatoms. The Morgan fingerprint density at radius 3 is 2.76 bits per heavy atom. The van der Waals surface area contributed by atoms with Crippen LogP contribution in [0.3, 0.4) is 0 Å². The maximum absolute atomic E-state index is 12.1. The predicted octanol–water partition coefficient (Wildman–Crippen LogP) is 1.22. The first-order chi connectivity index (χ1) is 12.1. The Kier molecular flexibility index (Phi) is 5.47. The molecule has 1 saturated heterocycles. The van der Waals surface area contributed by atoms with Crippen molar-refractivity contribution in [1.29, 1.82) is 0 Å². The monoisotopic (exact) mass is 343 g/mol. The number of hydrogen-bond acceptors (Lipinski definition) is 6. The van der Waals surface area contributed by atoms with Gasteiger partial charge < -0.3 is 25.2 Å². The van der Waals surface area contributed by atoms with E-state index in [4.69, 9.17) is 9.47 Å². The van der Waals surface area contributed by atoms with Crippen LogP contribution in [0.2, 0.25) is 0 Å². The van der Waals surface area contributed by atoms with E-state index in [1.54, 1.807) is 31.5 Å². The summed E-state index contributed by atoms with van der Waals surface area (Å²) in [4.78, 5) is 16.2. The fraction of sp³-hybridized carbons (Fsp3) is 0.333. The molecule has 3 N–H and O–H groups in total. The SMILES string of the molecule is COc1ccc(Oc2cc(CNC(=O)C3CC(O)CN3)ccn2)cc1. The molecule has 1 amide bonds. The number of hydrogen-bond donors (Lipinski definition) is 3. The minimum Gasteiger partial charge on any atom is -0.497 e. The Morgan fingerprint density at radius 2 is 2.08 bits per heavy atom. The lowest BCUT2D eigenvalue weighted by Crippen LogP contribution is -2.40. The van der Waals surface area contributed by atoms with Crippen LogP contribution in [-0.4, -0.2) is 41.8 Å². The Labute approximate surface area is 146 Å². The molecule has 1 aliphatic rings. The van der Waals surface area contributed by atoms with Gasteiger partial charge in [-0.2, -0.15) is 0 Å². The molecular weight excluding hydrogens is 322 g/mol. The number of amides is 1. The summed E-state index contributed by atoms with van der Waals surface area (Å²) in [6.07, 6.45) is 1.62. The van der Waals surface area contributed by atoms with E-state index in [0.29, 0.717) is 31.1 Å². The topological polar surface area (TPSA) is 92.7 Å². The van der Waals surface area contributed by atoms with Gasteiger partial charge in [0.25, 0.3) is 0 Å². The molecule has 0 aliphatic carbocycles. The number of carbonyl (C=O) groups excluding carboxylic acids is 1. The zero-order chi connectivity index (χ0) is 17.6. The molecule has 0 radical (unpaired) electrons. The lowest BCUT2D eigenvalue weighted by molar-refractivity contribution is -0.123. The highest BCUT2D eigenvalue weighted by Crippen LogP contribution is 2.22. The first-order valence-corrected chi connectivity index (χ1v) is 8.10. The molecule has 2 atom stereocenters. The maximum Gasteiger partial charge on any atom is 0.237 e. The third-order valence-corrected chi connectivity index (χ3v) is 3.97. The number of methoxy groups -OCH3 is 1. The van der Waals surface area contributed by atoms with Crippen LogP contribution in [0.15, 0.2) is 42.6 Å². The van der Waals surface area contributed by atoms with Crippen molar-refractivity contribution >= 4 is 5.91 Å². The summed E-state index contributed by atoms with van der Waals surface area (Å²) in [6.45, 7) is 0.821. The lowest BCUT2D eigenvalue weighted by Gasteiger charge is -2.11. The molecule has 132 valence electrons. The zero-order valence-corrected chi connectivity index (χ0v) is 13.9. The summed E-state index contributed by atoms with van der Waals surface area (Å²) < 4.78 is 10.8. The smallest absolute Gasteiger partial charge is 0.237 e. The molecule has 1 aromatic carbocycles. The standard InChI is InChI=1S/C18H21N3O4/c1-24-14-2-4-15(5-3-14)25-17-8-12(6-7-19-17)10-21-18(23)16-9-13(22)11-20-16/h2-8,13,16,20,22H,9-11H2,1H3,(H,21,23). The number of ether oxygens (including phenoxy) is 2. The maximum atomic E-state index is 12.1. The first kappa shape index (κ1) is 17.2. The summed E-state index contributed by atoms with van der Waals surface area (Å²) in [5.74, 6) is 1.73. The highest BCUT2D eigenvalue weighted by Gasteiger charge is 2.27. The third-order valence-electron chi connectivity index (χ3n) is 3.97. The van der Waals surface area contributed by atoms with E-state index in [-0.39, 0.29) is 11.9 Å². The van der Waals surface area contributed by atoms with Crippen molar-refractivity contribution in [1.82, 2.24) is 15.6 Å². The zero-order valence-electron chi connectivity index (χ0n) is 13.9. The van der Waals surface area contributed by atoms with Crippen molar-refractivity contribution < 1.29 is 19.4 Å². The molecule has 0 saturated carbocycles. The van der Waals surface area contributed by atoms with Gasteiger partial charge in [-0.25, -0.2) is 4.98 Å². The highest BCUT2D eigenvalue weighted by atomic mass is 16.5. The van der Waals surface area contributed by atoms with Crippen molar-refractivity contribution in [3.8, 4) is 17.4 Å². The molecule has 1 aromatic heterocycles. The molecular formula is C18H21N3O4. The van der Waals surface area contributed by atoms with E-state index in [2.05, 4.69) is 15.6 Å². The number of rotatable bonds is 6. The number of nitrogens with zero attached hydrogens (tertiary/aromatic N) is 1. The van der Waals surface area contributed by atoms with Gasteiger partial charge in [0.05, 0.1) is 19.3 Å². The Balaban J connectivity index is 1.56. The van der Waals surface area contributed by atoms with E-state index in [0.717, 1.165) is 11.3 Å². The van der Waals surface area contributed by atoms with Crippen LogP contribution >= 0.6 is 0 Å². The Morgan fingerprint density at radius 1 is 1.32 bits per heavy atom. The predicted molar refractivity (Wildman–Crippen MR) is 91.6 cm³/mol. The Bertz CT molecular complexity index is 721. The number of pyridine rings is 1. The number of benzene rings is 1. The van der Waals surface area contributed by atoms with Gasteiger partial charge in [-0.15, -0.1) is 0 Å². The molecule has 7 nitrogen and oxygen atoms in total. The molecule has 2 unspecified atom stereocenters. The van der Waals surface area contributed by atoms with Gasteiger partial charge in [0.2, 0.25) is 11.8 Å². The molecule has 0 spiro atoms. The average molecular weight is 343 g/mol. The molecule has 3 rings (SSSR count).